The van der Waals surface area contributed by atoms with Crippen LogP contribution >= 0.6 is 0 Å². The van der Waals surface area contributed by atoms with Crippen LogP contribution in [-0.4, -0.2) is 25.7 Å². The largest absolute Gasteiger partial charge is 0.347 e. The van der Waals surface area contributed by atoms with Crippen molar-refractivity contribution in [1.29, 1.82) is 0 Å². The average molecular weight is 307 g/mol. The molecule has 6 nitrogen and oxygen atoms in total. The van der Waals surface area contributed by atoms with Crippen molar-refractivity contribution >= 4 is 5.91 Å². The molecule has 0 radical (unpaired) electrons. The highest BCUT2D eigenvalue weighted by Crippen LogP contribution is 2.10. The van der Waals surface area contributed by atoms with Crippen molar-refractivity contribution in [1.82, 2.24) is 25.1 Å². The van der Waals surface area contributed by atoms with E-state index in [0.29, 0.717) is 18.8 Å². The van der Waals surface area contributed by atoms with E-state index in [1.165, 1.54) is 6.20 Å². The van der Waals surface area contributed by atoms with E-state index < -0.39 is 0 Å². The molecule has 6 heteroatoms. The number of amides is 1. The van der Waals surface area contributed by atoms with Gasteiger partial charge in [0.15, 0.2) is 0 Å². The number of nitrogens with zero attached hydrogens (tertiary/aromatic N) is 4. The summed E-state index contributed by atoms with van der Waals surface area (Å²) in [7, 11) is 0. The molecule has 3 rings (SSSR count). The van der Waals surface area contributed by atoms with Gasteiger partial charge in [-0.25, -0.2) is 4.98 Å². The number of carbonyl (C=O) groups excluding carboxylic acids is 1. The summed E-state index contributed by atoms with van der Waals surface area (Å²) in [5.74, 6) is -0.230. The molecule has 0 spiro atoms. The van der Waals surface area contributed by atoms with Crippen LogP contribution in [0.15, 0.2) is 55.1 Å². The fourth-order valence-electron chi connectivity index (χ4n) is 2.23. The zero-order valence-electron chi connectivity index (χ0n) is 12.8. The third kappa shape index (κ3) is 3.79. The van der Waals surface area contributed by atoms with Crippen LogP contribution in [0.1, 0.15) is 27.3 Å². The summed E-state index contributed by atoms with van der Waals surface area (Å²) >= 11 is 0. The highest BCUT2D eigenvalue weighted by atomic mass is 16.1. The number of aryl methyl sites for hydroxylation is 1. The molecule has 1 amide bonds. The number of benzene rings is 1. The number of carbonyl (C=O) groups is 1. The first kappa shape index (κ1) is 14.9. The SMILES string of the molecule is Cc1cnc(C(=O)NCc2ccccc2Cn2cccn2)cn1. The van der Waals surface area contributed by atoms with E-state index in [4.69, 9.17) is 0 Å². The second kappa shape index (κ2) is 6.83. The molecule has 2 aromatic heterocycles. The predicted molar refractivity (Wildman–Crippen MR) is 85.7 cm³/mol. The van der Waals surface area contributed by atoms with Crippen LogP contribution in [-0.2, 0) is 13.1 Å². The Bertz CT molecular complexity index is 781. The van der Waals surface area contributed by atoms with E-state index in [9.17, 15) is 4.79 Å². The summed E-state index contributed by atoms with van der Waals surface area (Å²) in [5.41, 5.74) is 3.27. The van der Waals surface area contributed by atoms with Crippen LogP contribution in [0, 0.1) is 6.92 Å². The van der Waals surface area contributed by atoms with E-state index in [1.54, 1.807) is 12.4 Å². The molecule has 3 aromatic rings. The second-order valence-electron chi connectivity index (χ2n) is 5.20. The Hall–Kier alpha value is -3.02. The first-order chi connectivity index (χ1) is 11.2. The summed E-state index contributed by atoms with van der Waals surface area (Å²) in [6.07, 6.45) is 6.73. The maximum absolute atomic E-state index is 12.1. The van der Waals surface area contributed by atoms with Crippen molar-refractivity contribution < 1.29 is 4.79 Å². The third-order valence-electron chi connectivity index (χ3n) is 3.46. The van der Waals surface area contributed by atoms with E-state index in [1.807, 2.05) is 48.1 Å². The van der Waals surface area contributed by atoms with Gasteiger partial charge in [-0.2, -0.15) is 5.10 Å². The molecular formula is C17H17N5O. The van der Waals surface area contributed by atoms with Gasteiger partial charge in [0.1, 0.15) is 5.69 Å². The lowest BCUT2D eigenvalue weighted by molar-refractivity contribution is 0.0945. The zero-order valence-corrected chi connectivity index (χ0v) is 12.8. The lowest BCUT2D eigenvalue weighted by atomic mass is 10.1. The Labute approximate surface area is 134 Å². The standard InChI is InChI=1S/C17H17N5O/c1-13-9-19-16(11-18-13)17(23)20-10-14-5-2-3-6-15(14)12-22-8-4-7-21-22/h2-9,11H,10,12H2,1H3,(H,20,23). The van der Waals surface area contributed by atoms with Crippen molar-refractivity contribution in [2.45, 2.75) is 20.0 Å². The number of nitrogens with one attached hydrogen (secondary N) is 1. The summed E-state index contributed by atoms with van der Waals surface area (Å²) in [6, 6.07) is 9.87. The van der Waals surface area contributed by atoms with Crippen molar-refractivity contribution in [2.24, 2.45) is 0 Å². The summed E-state index contributed by atoms with van der Waals surface area (Å²) in [5, 5.41) is 7.10. The van der Waals surface area contributed by atoms with Gasteiger partial charge in [-0.05, 0) is 24.1 Å². The van der Waals surface area contributed by atoms with Crippen LogP contribution < -0.4 is 5.32 Å². The molecule has 2 heterocycles. The number of rotatable bonds is 5. The lowest BCUT2D eigenvalue weighted by Gasteiger charge is -2.11. The van der Waals surface area contributed by atoms with Gasteiger partial charge in [-0.15, -0.1) is 0 Å². The summed E-state index contributed by atoms with van der Waals surface area (Å²) in [4.78, 5) is 20.3. The fraction of sp³-hybridized carbons (Fsp3) is 0.176. The molecule has 0 unspecified atom stereocenters. The van der Waals surface area contributed by atoms with Crippen LogP contribution in [0.4, 0.5) is 0 Å². The van der Waals surface area contributed by atoms with Gasteiger partial charge >= 0.3 is 0 Å². The Morgan fingerprint density at radius 1 is 1.13 bits per heavy atom. The number of aromatic nitrogens is 4. The Morgan fingerprint density at radius 3 is 2.65 bits per heavy atom. The van der Waals surface area contributed by atoms with Gasteiger partial charge in [0.2, 0.25) is 0 Å². The first-order valence-corrected chi connectivity index (χ1v) is 7.33. The molecule has 0 saturated heterocycles. The van der Waals surface area contributed by atoms with Gasteiger partial charge in [-0.1, -0.05) is 24.3 Å². The molecule has 0 saturated carbocycles. The minimum absolute atomic E-state index is 0.230. The van der Waals surface area contributed by atoms with E-state index >= 15 is 0 Å². The van der Waals surface area contributed by atoms with Crippen molar-refractivity contribution in [3.05, 3.63) is 77.6 Å². The minimum Gasteiger partial charge on any atom is -0.347 e. The summed E-state index contributed by atoms with van der Waals surface area (Å²) in [6.45, 7) is 2.94. The fourth-order valence-corrected chi connectivity index (χ4v) is 2.23. The molecule has 0 aliphatic rings. The average Bonchev–Trinajstić information content (AvgIpc) is 3.07. The van der Waals surface area contributed by atoms with Crippen molar-refractivity contribution in [2.75, 3.05) is 0 Å². The molecule has 0 atom stereocenters. The van der Waals surface area contributed by atoms with Gasteiger partial charge in [0, 0.05) is 25.1 Å². The molecule has 0 fully saturated rings. The van der Waals surface area contributed by atoms with Gasteiger partial charge in [-0.3, -0.25) is 14.5 Å². The van der Waals surface area contributed by atoms with E-state index in [0.717, 1.165) is 16.8 Å². The molecule has 0 aliphatic carbocycles. The normalized spacial score (nSPS) is 10.5. The van der Waals surface area contributed by atoms with Crippen LogP contribution in [0.5, 0.6) is 0 Å². The van der Waals surface area contributed by atoms with Crippen molar-refractivity contribution in [3.63, 3.8) is 0 Å². The number of hydrogen-bond donors (Lipinski definition) is 1. The molecular weight excluding hydrogens is 290 g/mol. The number of hydrogen-bond acceptors (Lipinski definition) is 4. The van der Waals surface area contributed by atoms with E-state index in [2.05, 4.69) is 20.4 Å². The Balaban J connectivity index is 1.68. The molecule has 0 bridgehead atoms. The van der Waals surface area contributed by atoms with Crippen LogP contribution in [0.25, 0.3) is 0 Å². The van der Waals surface area contributed by atoms with Gasteiger partial charge in [0.25, 0.3) is 5.91 Å². The van der Waals surface area contributed by atoms with Gasteiger partial charge in [0.05, 0.1) is 18.4 Å². The topological polar surface area (TPSA) is 72.7 Å². The van der Waals surface area contributed by atoms with Gasteiger partial charge < -0.3 is 5.32 Å². The van der Waals surface area contributed by atoms with Crippen molar-refractivity contribution in [3.8, 4) is 0 Å². The Kier molecular flexibility index (Phi) is 4.42. The monoisotopic (exact) mass is 307 g/mol. The molecule has 23 heavy (non-hydrogen) atoms. The highest BCUT2D eigenvalue weighted by molar-refractivity contribution is 5.91. The first-order valence-electron chi connectivity index (χ1n) is 7.33. The smallest absolute Gasteiger partial charge is 0.271 e. The maximum atomic E-state index is 12.1. The predicted octanol–water partition coefficient (Wildman–Crippen LogP) is 1.96. The maximum Gasteiger partial charge on any atom is 0.271 e. The van der Waals surface area contributed by atoms with E-state index in [-0.39, 0.29) is 5.91 Å². The highest BCUT2D eigenvalue weighted by Gasteiger charge is 2.09. The summed E-state index contributed by atoms with van der Waals surface area (Å²) < 4.78 is 1.85. The van der Waals surface area contributed by atoms with Crippen LogP contribution in [0.2, 0.25) is 0 Å². The minimum atomic E-state index is -0.230. The zero-order chi connectivity index (χ0) is 16.1. The molecule has 1 aromatic carbocycles. The second-order valence-corrected chi connectivity index (χ2v) is 5.20. The lowest BCUT2D eigenvalue weighted by Crippen LogP contribution is -2.24. The quantitative estimate of drug-likeness (QED) is 0.782. The van der Waals surface area contributed by atoms with Crippen LogP contribution in [0.3, 0.4) is 0 Å². The molecule has 1 N–H and O–H groups in total. The molecule has 0 aliphatic heterocycles. The Morgan fingerprint density at radius 2 is 1.96 bits per heavy atom. The third-order valence-corrected chi connectivity index (χ3v) is 3.46. The molecule has 116 valence electrons.